The molecule has 1 aliphatic rings. The number of methoxy groups -OCH3 is 1. The molecule has 86 valence electrons. The van der Waals surface area contributed by atoms with E-state index in [-0.39, 0.29) is 23.7 Å². The molecule has 5 heteroatoms. The van der Waals surface area contributed by atoms with Gasteiger partial charge in [0.15, 0.2) is 11.5 Å². The van der Waals surface area contributed by atoms with E-state index in [9.17, 15) is 4.79 Å². The summed E-state index contributed by atoms with van der Waals surface area (Å²) in [5.41, 5.74) is 0.298. The number of ketones is 1. The third-order valence-electron chi connectivity index (χ3n) is 2.80. The monoisotopic (exact) mass is 222 g/mol. The third-order valence-corrected chi connectivity index (χ3v) is 2.80. The van der Waals surface area contributed by atoms with Gasteiger partial charge in [0.05, 0.1) is 19.1 Å². The fraction of sp³-hybridized carbons (Fsp3) is 0.545. The van der Waals surface area contributed by atoms with Crippen LogP contribution in [0.2, 0.25) is 0 Å². The van der Waals surface area contributed by atoms with Gasteiger partial charge >= 0.3 is 0 Å². The van der Waals surface area contributed by atoms with Gasteiger partial charge in [0, 0.05) is 19.0 Å². The van der Waals surface area contributed by atoms with E-state index in [2.05, 4.69) is 9.97 Å². The number of hydrogen-bond donors (Lipinski definition) is 0. The van der Waals surface area contributed by atoms with Crippen LogP contribution in [0.4, 0.5) is 0 Å². The fourth-order valence-electron chi connectivity index (χ4n) is 1.90. The van der Waals surface area contributed by atoms with Crippen molar-refractivity contribution in [1.82, 2.24) is 9.97 Å². The van der Waals surface area contributed by atoms with E-state index in [0.29, 0.717) is 12.3 Å². The fourth-order valence-corrected chi connectivity index (χ4v) is 1.90. The first-order valence-corrected chi connectivity index (χ1v) is 5.25. The molecule has 1 saturated heterocycles. The largest absolute Gasteiger partial charge is 0.479 e. The van der Waals surface area contributed by atoms with Crippen molar-refractivity contribution in [3.05, 3.63) is 18.1 Å². The highest BCUT2D eigenvalue weighted by Gasteiger charge is 2.33. The number of ether oxygens (including phenoxy) is 2. The van der Waals surface area contributed by atoms with Gasteiger partial charge in [0.25, 0.3) is 0 Å². The van der Waals surface area contributed by atoms with Crippen LogP contribution >= 0.6 is 0 Å². The lowest BCUT2D eigenvalue weighted by atomic mass is 9.95. The van der Waals surface area contributed by atoms with E-state index < -0.39 is 0 Å². The van der Waals surface area contributed by atoms with Crippen molar-refractivity contribution >= 4 is 5.78 Å². The molecule has 5 nitrogen and oxygen atoms in total. The molecule has 0 saturated carbocycles. The van der Waals surface area contributed by atoms with Gasteiger partial charge in [-0.1, -0.05) is 0 Å². The van der Waals surface area contributed by atoms with Crippen LogP contribution in [0.15, 0.2) is 12.4 Å². The SMILES string of the molecule is COc1nccnc1C(=O)C1CCOC1C. The number of hydrogen-bond acceptors (Lipinski definition) is 5. The second-order valence-electron chi connectivity index (χ2n) is 3.75. The maximum atomic E-state index is 12.2. The molecule has 0 aromatic carbocycles. The summed E-state index contributed by atoms with van der Waals surface area (Å²) in [5, 5.41) is 0. The van der Waals surface area contributed by atoms with Gasteiger partial charge in [-0.15, -0.1) is 0 Å². The highest BCUT2D eigenvalue weighted by Crippen LogP contribution is 2.26. The summed E-state index contributed by atoms with van der Waals surface area (Å²) in [6.07, 6.45) is 3.68. The van der Waals surface area contributed by atoms with Crippen LogP contribution in [0, 0.1) is 5.92 Å². The Kier molecular flexibility index (Phi) is 3.14. The van der Waals surface area contributed by atoms with Crippen LogP contribution in [0.5, 0.6) is 5.88 Å². The zero-order chi connectivity index (χ0) is 11.5. The Morgan fingerprint density at radius 1 is 1.50 bits per heavy atom. The Bertz CT molecular complexity index is 395. The molecule has 0 aliphatic carbocycles. The lowest BCUT2D eigenvalue weighted by Crippen LogP contribution is -2.23. The predicted octanol–water partition coefficient (Wildman–Crippen LogP) is 1.09. The minimum Gasteiger partial charge on any atom is -0.479 e. The van der Waals surface area contributed by atoms with Gasteiger partial charge in [-0.05, 0) is 13.3 Å². The molecule has 1 fully saturated rings. The molecular formula is C11H14N2O3. The molecule has 2 rings (SSSR count). The maximum Gasteiger partial charge on any atom is 0.243 e. The van der Waals surface area contributed by atoms with Crippen LogP contribution in [0.1, 0.15) is 23.8 Å². The second kappa shape index (κ2) is 4.57. The first kappa shape index (κ1) is 11.0. The Labute approximate surface area is 93.8 Å². The molecule has 0 spiro atoms. The lowest BCUT2D eigenvalue weighted by Gasteiger charge is -2.13. The quantitative estimate of drug-likeness (QED) is 0.716. The van der Waals surface area contributed by atoms with Crippen LogP contribution in [-0.2, 0) is 4.74 Å². The molecule has 0 bridgehead atoms. The molecule has 2 unspecified atom stereocenters. The minimum atomic E-state index is -0.134. The number of carbonyl (C=O) groups excluding carboxylic acids is 1. The summed E-state index contributed by atoms with van der Waals surface area (Å²) in [6, 6.07) is 0. The van der Waals surface area contributed by atoms with Gasteiger partial charge < -0.3 is 9.47 Å². The number of Topliss-reactive ketones (excluding diaryl/α,β-unsaturated/α-hetero) is 1. The molecule has 0 radical (unpaired) electrons. The summed E-state index contributed by atoms with van der Waals surface area (Å²) in [5.74, 6) is 0.104. The molecule has 2 atom stereocenters. The van der Waals surface area contributed by atoms with Crippen molar-refractivity contribution < 1.29 is 14.3 Å². The van der Waals surface area contributed by atoms with Gasteiger partial charge in [-0.3, -0.25) is 4.79 Å². The number of nitrogens with zero attached hydrogens (tertiary/aromatic N) is 2. The molecule has 1 aromatic rings. The van der Waals surface area contributed by atoms with E-state index in [1.807, 2.05) is 6.92 Å². The molecule has 16 heavy (non-hydrogen) atoms. The van der Waals surface area contributed by atoms with Crippen LogP contribution < -0.4 is 4.74 Å². The zero-order valence-corrected chi connectivity index (χ0v) is 9.34. The first-order valence-electron chi connectivity index (χ1n) is 5.25. The highest BCUT2D eigenvalue weighted by molar-refractivity contribution is 5.98. The molecule has 1 aromatic heterocycles. The summed E-state index contributed by atoms with van der Waals surface area (Å²) >= 11 is 0. The third kappa shape index (κ3) is 1.90. The van der Waals surface area contributed by atoms with Crippen molar-refractivity contribution in [2.45, 2.75) is 19.4 Å². The summed E-state index contributed by atoms with van der Waals surface area (Å²) in [7, 11) is 1.48. The average Bonchev–Trinajstić information content (AvgIpc) is 2.74. The predicted molar refractivity (Wildman–Crippen MR) is 56.4 cm³/mol. The smallest absolute Gasteiger partial charge is 0.243 e. The Morgan fingerprint density at radius 3 is 2.88 bits per heavy atom. The number of aromatic nitrogens is 2. The number of rotatable bonds is 3. The first-order chi connectivity index (χ1) is 7.74. The van der Waals surface area contributed by atoms with E-state index >= 15 is 0 Å². The zero-order valence-electron chi connectivity index (χ0n) is 9.34. The second-order valence-corrected chi connectivity index (χ2v) is 3.75. The van der Waals surface area contributed by atoms with Gasteiger partial charge in [0.2, 0.25) is 5.88 Å². The van der Waals surface area contributed by atoms with Crippen molar-refractivity contribution in [3.63, 3.8) is 0 Å². The van der Waals surface area contributed by atoms with E-state index in [1.165, 1.54) is 19.5 Å². The minimum absolute atomic E-state index is 0.0463. The van der Waals surface area contributed by atoms with Crippen LogP contribution in [0.25, 0.3) is 0 Å². The van der Waals surface area contributed by atoms with Crippen molar-refractivity contribution in [2.24, 2.45) is 5.92 Å². The van der Waals surface area contributed by atoms with Crippen LogP contribution in [-0.4, -0.2) is 35.6 Å². The number of carbonyl (C=O) groups is 1. The Balaban J connectivity index is 2.26. The maximum absolute atomic E-state index is 12.2. The van der Waals surface area contributed by atoms with Gasteiger partial charge in [-0.25, -0.2) is 9.97 Å². The lowest BCUT2D eigenvalue weighted by molar-refractivity contribution is 0.0756. The molecule has 2 heterocycles. The standard InChI is InChI=1S/C11H14N2O3/c1-7-8(3-6-16-7)10(14)9-11(15-2)13-5-4-12-9/h4-5,7-8H,3,6H2,1-2H3. The van der Waals surface area contributed by atoms with Crippen molar-refractivity contribution in [2.75, 3.05) is 13.7 Å². The summed E-state index contributed by atoms with van der Waals surface area (Å²) in [4.78, 5) is 20.2. The Hall–Kier alpha value is -1.49. The van der Waals surface area contributed by atoms with Gasteiger partial charge in [-0.2, -0.15) is 0 Å². The van der Waals surface area contributed by atoms with Gasteiger partial charge in [0.1, 0.15) is 0 Å². The van der Waals surface area contributed by atoms with E-state index in [1.54, 1.807) is 0 Å². The molecule has 0 amide bonds. The average molecular weight is 222 g/mol. The van der Waals surface area contributed by atoms with Crippen molar-refractivity contribution in [1.29, 1.82) is 0 Å². The molecular weight excluding hydrogens is 208 g/mol. The Morgan fingerprint density at radius 2 is 2.25 bits per heavy atom. The topological polar surface area (TPSA) is 61.3 Å². The van der Waals surface area contributed by atoms with Crippen molar-refractivity contribution in [3.8, 4) is 5.88 Å². The normalized spacial score (nSPS) is 24.4. The molecule has 0 N–H and O–H groups in total. The van der Waals surface area contributed by atoms with Crippen LogP contribution in [0.3, 0.4) is 0 Å². The summed E-state index contributed by atoms with van der Waals surface area (Å²) in [6.45, 7) is 2.53. The highest BCUT2D eigenvalue weighted by atomic mass is 16.5. The van der Waals surface area contributed by atoms with E-state index in [4.69, 9.17) is 9.47 Å². The summed E-state index contributed by atoms with van der Waals surface area (Å²) < 4.78 is 10.4. The van der Waals surface area contributed by atoms with E-state index in [0.717, 1.165) is 6.42 Å². The molecule has 1 aliphatic heterocycles.